The quantitative estimate of drug-likeness (QED) is 0.0891. The summed E-state index contributed by atoms with van der Waals surface area (Å²) in [4.78, 5) is 24.4. The van der Waals surface area contributed by atoms with Crippen LogP contribution < -0.4 is 5.32 Å². The van der Waals surface area contributed by atoms with Gasteiger partial charge in [-0.05, 0) is 75.3 Å². The average Bonchev–Trinajstić information content (AvgIpc) is 2.89. The lowest BCUT2D eigenvalue weighted by atomic mass is 10.0. The number of unbranched alkanes of at least 4 members (excludes halogenated alkanes) is 6. The number of hydrogen-bond donors (Lipinski definition) is 3. The number of allylic oxidation sites excluding steroid dienone is 6. The molecule has 0 aliphatic carbocycles. The Morgan fingerprint density at radius 1 is 0.865 bits per heavy atom. The molecule has 206 valence electrons. The Hall–Kier alpha value is -2.47. The third-order valence-corrected chi connectivity index (χ3v) is 8.27. The van der Waals surface area contributed by atoms with E-state index in [1.165, 1.54) is 50.3 Å². The van der Waals surface area contributed by atoms with Gasteiger partial charge in [0.25, 0.3) is 0 Å². The molecule has 5 nitrogen and oxygen atoms in total. The van der Waals surface area contributed by atoms with Crippen LogP contribution in [0.5, 0.6) is 5.75 Å². The van der Waals surface area contributed by atoms with E-state index in [0.717, 1.165) is 37.9 Å². The number of hydrogen-bond acceptors (Lipinski definition) is 4. The minimum Gasteiger partial charge on any atom is -0.507 e. The number of benzene rings is 1. The van der Waals surface area contributed by atoms with E-state index >= 15 is 0 Å². The maximum absolute atomic E-state index is 13.1. The second-order valence-corrected chi connectivity index (χ2v) is 10.7. The molecule has 0 saturated heterocycles. The maximum Gasteiger partial charge on any atom is 0.339 e. The minimum absolute atomic E-state index is 0.110. The monoisotopic (exact) mass is 529 g/mol. The average molecular weight is 530 g/mol. The first-order chi connectivity index (χ1) is 17.9. The van der Waals surface area contributed by atoms with E-state index in [9.17, 15) is 19.8 Å². The Bertz CT molecular complexity index is 887. The van der Waals surface area contributed by atoms with E-state index in [0.29, 0.717) is 18.5 Å². The number of carboxylic acids is 1. The maximum atomic E-state index is 13.1. The second-order valence-electron chi connectivity index (χ2n) is 9.24. The number of amides is 1. The lowest BCUT2D eigenvalue weighted by Gasteiger charge is -2.30. The zero-order valence-corrected chi connectivity index (χ0v) is 23.8. The van der Waals surface area contributed by atoms with Crippen LogP contribution in [0.3, 0.4) is 0 Å². The summed E-state index contributed by atoms with van der Waals surface area (Å²) in [7, 11) is 0. The van der Waals surface area contributed by atoms with E-state index < -0.39 is 10.7 Å². The smallest absolute Gasteiger partial charge is 0.339 e. The topological polar surface area (TPSA) is 86.6 Å². The van der Waals surface area contributed by atoms with Crippen molar-refractivity contribution in [3.05, 3.63) is 60.2 Å². The Morgan fingerprint density at radius 3 is 2.08 bits per heavy atom. The molecule has 0 fully saturated rings. The lowest BCUT2D eigenvalue weighted by Crippen LogP contribution is -2.39. The summed E-state index contributed by atoms with van der Waals surface area (Å²) in [5.74, 6) is -0.722. The molecule has 1 aromatic carbocycles. The summed E-state index contributed by atoms with van der Waals surface area (Å²) >= 11 is 1.70. The van der Waals surface area contributed by atoms with Crippen molar-refractivity contribution in [2.45, 2.75) is 103 Å². The van der Waals surface area contributed by atoms with Crippen LogP contribution >= 0.6 is 11.8 Å². The van der Waals surface area contributed by atoms with Crippen LogP contribution in [-0.4, -0.2) is 32.6 Å². The molecule has 1 rings (SSSR count). The fourth-order valence-corrected chi connectivity index (χ4v) is 5.37. The lowest BCUT2D eigenvalue weighted by molar-refractivity contribution is -0.118. The van der Waals surface area contributed by atoms with Crippen LogP contribution in [-0.2, 0) is 4.79 Å². The third-order valence-electron chi connectivity index (χ3n) is 6.46. The second kappa shape index (κ2) is 19.6. The van der Waals surface area contributed by atoms with Gasteiger partial charge >= 0.3 is 5.97 Å². The predicted molar refractivity (Wildman–Crippen MR) is 159 cm³/mol. The molecular weight excluding hydrogens is 482 g/mol. The highest BCUT2D eigenvalue weighted by molar-refractivity contribution is 8.01. The SMILES string of the molecule is CCC=CCC=CCC=CCCCCCCCCSC(CC)(CC)C(=O)Nc1ccc(O)c(C(=O)O)c1. The van der Waals surface area contributed by atoms with Crippen LogP contribution in [0.15, 0.2) is 54.7 Å². The van der Waals surface area contributed by atoms with Crippen molar-refractivity contribution >= 4 is 29.3 Å². The highest BCUT2D eigenvalue weighted by Gasteiger charge is 2.35. The highest BCUT2D eigenvalue weighted by Crippen LogP contribution is 2.35. The number of rotatable bonds is 20. The summed E-state index contributed by atoms with van der Waals surface area (Å²) in [5, 5.41) is 21.8. The van der Waals surface area contributed by atoms with Crippen molar-refractivity contribution in [2.24, 2.45) is 0 Å². The molecule has 0 aliphatic heterocycles. The summed E-state index contributed by atoms with van der Waals surface area (Å²) in [6, 6.07) is 4.13. The molecule has 3 N–H and O–H groups in total. The molecule has 1 aromatic rings. The number of aromatic hydroxyl groups is 1. The van der Waals surface area contributed by atoms with Crippen LogP contribution in [0.1, 0.15) is 108 Å². The molecule has 0 aliphatic rings. The fraction of sp³-hybridized carbons (Fsp3) is 0.548. The molecular formula is C31H47NO4S. The highest BCUT2D eigenvalue weighted by atomic mass is 32.2. The molecule has 0 aromatic heterocycles. The number of carbonyl (C=O) groups is 2. The van der Waals surface area contributed by atoms with Crippen molar-refractivity contribution < 1.29 is 19.8 Å². The van der Waals surface area contributed by atoms with Gasteiger partial charge in [0.15, 0.2) is 0 Å². The van der Waals surface area contributed by atoms with E-state index in [4.69, 9.17) is 0 Å². The van der Waals surface area contributed by atoms with Crippen LogP contribution in [0.25, 0.3) is 0 Å². The Labute approximate surface area is 228 Å². The normalized spacial score (nSPS) is 12.2. The molecule has 1 amide bonds. The van der Waals surface area contributed by atoms with Gasteiger partial charge in [0.2, 0.25) is 5.91 Å². The molecule has 6 heteroatoms. The standard InChI is InChI=1S/C31H47NO4S/c1-4-7-8-9-10-11-12-13-14-15-16-17-18-19-20-21-24-37-31(5-2,6-3)30(36)32-26-22-23-28(33)27(25-26)29(34)35/h7-8,10-11,13-14,22-23,25,33H,4-6,9,12,15-21,24H2,1-3H3,(H,32,36)(H,34,35). The molecule has 0 radical (unpaired) electrons. The van der Waals surface area contributed by atoms with Crippen molar-refractivity contribution in [3.63, 3.8) is 0 Å². The van der Waals surface area contributed by atoms with Gasteiger partial charge in [0, 0.05) is 5.69 Å². The Morgan fingerprint density at radius 2 is 1.46 bits per heavy atom. The molecule has 0 heterocycles. The first-order valence-corrected chi connectivity index (χ1v) is 14.8. The van der Waals surface area contributed by atoms with Crippen molar-refractivity contribution in [1.29, 1.82) is 0 Å². The van der Waals surface area contributed by atoms with Crippen molar-refractivity contribution in [2.75, 3.05) is 11.1 Å². The van der Waals surface area contributed by atoms with Gasteiger partial charge in [0.1, 0.15) is 11.3 Å². The van der Waals surface area contributed by atoms with Crippen LogP contribution in [0.2, 0.25) is 0 Å². The van der Waals surface area contributed by atoms with Gasteiger partial charge in [-0.2, -0.15) is 0 Å². The van der Waals surface area contributed by atoms with E-state index in [1.807, 2.05) is 13.8 Å². The molecule has 0 bridgehead atoms. The number of thioether (sulfide) groups is 1. The first kappa shape index (κ1) is 32.6. The van der Waals surface area contributed by atoms with Crippen molar-refractivity contribution in [3.8, 4) is 5.75 Å². The Kier molecular flexibility index (Phi) is 17.3. The van der Waals surface area contributed by atoms with Crippen LogP contribution in [0, 0.1) is 0 Å². The first-order valence-electron chi connectivity index (χ1n) is 13.9. The van der Waals surface area contributed by atoms with Gasteiger partial charge in [-0.1, -0.05) is 82.9 Å². The third kappa shape index (κ3) is 13.1. The number of nitrogens with one attached hydrogen (secondary N) is 1. The number of carboxylic acid groups (broad SMARTS) is 1. The van der Waals surface area contributed by atoms with Gasteiger partial charge in [0.05, 0.1) is 4.75 Å². The van der Waals surface area contributed by atoms with Gasteiger partial charge < -0.3 is 15.5 Å². The van der Waals surface area contributed by atoms with Crippen LogP contribution in [0.4, 0.5) is 5.69 Å². The summed E-state index contributed by atoms with van der Waals surface area (Å²) in [6.07, 6.45) is 26.3. The fourth-order valence-electron chi connectivity index (χ4n) is 4.04. The zero-order valence-electron chi connectivity index (χ0n) is 23.0. The van der Waals surface area contributed by atoms with Gasteiger partial charge in [-0.25, -0.2) is 4.79 Å². The summed E-state index contributed by atoms with van der Waals surface area (Å²) in [6.45, 7) is 6.19. The molecule has 37 heavy (non-hydrogen) atoms. The summed E-state index contributed by atoms with van der Waals surface area (Å²) < 4.78 is -0.547. The molecule has 0 atom stereocenters. The molecule has 0 unspecified atom stereocenters. The minimum atomic E-state index is -1.23. The number of phenols is 1. The number of aromatic carboxylic acids is 1. The Balaban J connectivity index is 2.26. The van der Waals surface area contributed by atoms with Crippen molar-refractivity contribution in [1.82, 2.24) is 0 Å². The van der Waals surface area contributed by atoms with Gasteiger partial charge in [-0.15, -0.1) is 11.8 Å². The number of anilines is 1. The molecule has 0 saturated carbocycles. The number of carbonyl (C=O) groups excluding carboxylic acids is 1. The van der Waals surface area contributed by atoms with E-state index in [2.05, 4.69) is 48.7 Å². The summed E-state index contributed by atoms with van der Waals surface area (Å²) in [5.41, 5.74) is 0.168. The van der Waals surface area contributed by atoms with E-state index in [1.54, 1.807) is 11.8 Å². The van der Waals surface area contributed by atoms with E-state index in [-0.39, 0.29) is 17.2 Å². The zero-order chi connectivity index (χ0) is 27.4. The molecule has 0 spiro atoms. The predicted octanol–water partition coefficient (Wildman–Crippen LogP) is 8.91. The largest absolute Gasteiger partial charge is 0.507 e. The van der Waals surface area contributed by atoms with Gasteiger partial charge in [-0.3, -0.25) is 4.79 Å².